The molecule has 1 N–H and O–H groups in total. The van der Waals surface area contributed by atoms with Crippen molar-refractivity contribution in [1.29, 1.82) is 0 Å². The molecule has 15 heavy (non-hydrogen) atoms. The lowest BCUT2D eigenvalue weighted by Gasteiger charge is -2.29. The fraction of sp³-hybridized carbons (Fsp3) is 1.00. The lowest BCUT2D eigenvalue weighted by Crippen LogP contribution is -2.43. The molecule has 1 rings (SSSR count). The Hall–Kier alpha value is -0.0800. The van der Waals surface area contributed by atoms with E-state index in [1.165, 1.54) is 32.2 Å². The number of hydrogen-bond donors (Lipinski definition) is 1. The normalized spacial score (nSPS) is 20.6. The Morgan fingerprint density at radius 3 is 2.47 bits per heavy atom. The van der Waals surface area contributed by atoms with Crippen molar-refractivity contribution in [3.63, 3.8) is 0 Å². The summed E-state index contributed by atoms with van der Waals surface area (Å²) in [5.41, 5.74) is 0. The van der Waals surface area contributed by atoms with E-state index >= 15 is 0 Å². The van der Waals surface area contributed by atoms with Crippen LogP contribution in [0.1, 0.15) is 46.5 Å². The molecule has 2 unspecified atom stereocenters. The molecule has 0 aromatic carbocycles. The van der Waals surface area contributed by atoms with Gasteiger partial charge in [-0.2, -0.15) is 0 Å². The monoisotopic (exact) mass is 212 g/mol. The van der Waals surface area contributed by atoms with Gasteiger partial charge in [-0.15, -0.1) is 0 Å². The second-order valence-corrected chi connectivity index (χ2v) is 5.06. The van der Waals surface area contributed by atoms with E-state index in [9.17, 15) is 0 Å². The smallest absolute Gasteiger partial charge is 0.0194 e. The molecule has 0 bridgehead atoms. The fourth-order valence-corrected chi connectivity index (χ4v) is 2.35. The van der Waals surface area contributed by atoms with Crippen LogP contribution in [0.2, 0.25) is 0 Å². The van der Waals surface area contributed by atoms with Crippen molar-refractivity contribution < 1.29 is 0 Å². The van der Waals surface area contributed by atoms with Crippen LogP contribution in [0, 0.1) is 5.92 Å². The van der Waals surface area contributed by atoms with Gasteiger partial charge < -0.3 is 10.2 Å². The minimum absolute atomic E-state index is 0.686. The Morgan fingerprint density at radius 1 is 1.33 bits per heavy atom. The SMILES string of the molecule is CCCC(CN(C)C(C)C1CC1)NCC. The molecular formula is C13H28N2. The zero-order valence-electron chi connectivity index (χ0n) is 10.9. The van der Waals surface area contributed by atoms with Crippen molar-refractivity contribution >= 4 is 0 Å². The average Bonchev–Trinajstić information content (AvgIpc) is 3.00. The van der Waals surface area contributed by atoms with E-state index < -0.39 is 0 Å². The van der Waals surface area contributed by atoms with Gasteiger partial charge in [0.25, 0.3) is 0 Å². The zero-order chi connectivity index (χ0) is 11.3. The van der Waals surface area contributed by atoms with Gasteiger partial charge in [0.2, 0.25) is 0 Å². The van der Waals surface area contributed by atoms with Gasteiger partial charge in [-0.25, -0.2) is 0 Å². The summed E-state index contributed by atoms with van der Waals surface area (Å²) >= 11 is 0. The highest BCUT2D eigenvalue weighted by Crippen LogP contribution is 2.34. The summed E-state index contributed by atoms with van der Waals surface area (Å²) in [7, 11) is 2.28. The molecule has 0 spiro atoms. The van der Waals surface area contributed by atoms with Crippen LogP contribution in [-0.4, -0.2) is 37.1 Å². The van der Waals surface area contributed by atoms with Crippen LogP contribution in [0.15, 0.2) is 0 Å². The molecule has 0 aliphatic heterocycles. The summed E-state index contributed by atoms with van der Waals surface area (Å²) in [5.74, 6) is 0.985. The minimum Gasteiger partial charge on any atom is -0.313 e. The highest BCUT2D eigenvalue weighted by atomic mass is 15.2. The lowest BCUT2D eigenvalue weighted by atomic mass is 10.1. The first-order valence-electron chi connectivity index (χ1n) is 6.62. The second kappa shape index (κ2) is 6.49. The Balaban J connectivity index is 2.27. The summed E-state index contributed by atoms with van der Waals surface area (Å²) in [6, 6.07) is 1.47. The van der Waals surface area contributed by atoms with Crippen molar-refractivity contribution in [2.24, 2.45) is 5.92 Å². The predicted molar refractivity (Wildman–Crippen MR) is 67.2 cm³/mol. The van der Waals surface area contributed by atoms with E-state index in [2.05, 4.69) is 38.0 Å². The molecule has 2 nitrogen and oxygen atoms in total. The Bertz CT molecular complexity index is 160. The summed E-state index contributed by atoms with van der Waals surface area (Å²) in [4.78, 5) is 2.54. The topological polar surface area (TPSA) is 15.3 Å². The highest BCUT2D eigenvalue weighted by molar-refractivity contribution is 4.85. The molecule has 0 aromatic rings. The molecule has 90 valence electrons. The van der Waals surface area contributed by atoms with Crippen LogP contribution in [0.25, 0.3) is 0 Å². The van der Waals surface area contributed by atoms with Crippen molar-refractivity contribution in [3.05, 3.63) is 0 Å². The Kier molecular flexibility index (Phi) is 5.62. The summed E-state index contributed by atoms with van der Waals surface area (Å²) in [6.07, 6.45) is 5.48. The second-order valence-electron chi connectivity index (χ2n) is 5.06. The van der Waals surface area contributed by atoms with Crippen molar-refractivity contribution in [2.45, 2.75) is 58.5 Å². The van der Waals surface area contributed by atoms with E-state index in [-0.39, 0.29) is 0 Å². The van der Waals surface area contributed by atoms with Gasteiger partial charge in [-0.1, -0.05) is 20.3 Å². The summed E-state index contributed by atoms with van der Waals surface area (Å²) < 4.78 is 0. The van der Waals surface area contributed by atoms with Crippen LogP contribution >= 0.6 is 0 Å². The third-order valence-corrected chi connectivity index (χ3v) is 3.64. The number of rotatable bonds is 8. The first-order valence-corrected chi connectivity index (χ1v) is 6.62. The van der Waals surface area contributed by atoms with E-state index in [1.54, 1.807) is 0 Å². The molecule has 1 saturated carbocycles. The van der Waals surface area contributed by atoms with Gasteiger partial charge in [0.1, 0.15) is 0 Å². The maximum atomic E-state index is 3.59. The third kappa shape index (κ3) is 4.52. The molecule has 1 aliphatic rings. The zero-order valence-corrected chi connectivity index (χ0v) is 10.9. The van der Waals surface area contributed by atoms with E-state index in [1.807, 2.05) is 0 Å². The summed E-state index contributed by atoms with van der Waals surface area (Å²) in [6.45, 7) is 9.16. The van der Waals surface area contributed by atoms with Gasteiger partial charge >= 0.3 is 0 Å². The number of likely N-dealkylation sites (N-methyl/N-ethyl adjacent to an activating group) is 2. The number of nitrogens with one attached hydrogen (secondary N) is 1. The van der Waals surface area contributed by atoms with E-state index in [4.69, 9.17) is 0 Å². The average molecular weight is 212 g/mol. The van der Waals surface area contributed by atoms with Crippen LogP contribution in [0.4, 0.5) is 0 Å². The van der Waals surface area contributed by atoms with E-state index in [0.29, 0.717) is 6.04 Å². The van der Waals surface area contributed by atoms with Gasteiger partial charge in [0, 0.05) is 18.6 Å². The molecule has 0 heterocycles. The largest absolute Gasteiger partial charge is 0.313 e. The maximum absolute atomic E-state index is 3.59. The van der Waals surface area contributed by atoms with Gasteiger partial charge in [-0.3, -0.25) is 0 Å². The van der Waals surface area contributed by atoms with Crippen molar-refractivity contribution in [3.8, 4) is 0 Å². The maximum Gasteiger partial charge on any atom is 0.0194 e. The molecule has 0 amide bonds. The number of hydrogen-bond acceptors (Lipinski definition) is 2. The standard InChI is InChI=1S/C13H28N2/c1-5-7-13(14-6-2)10-15(4)11(3)12-8-9-12/h11-14H,5-10H2,1-4H3. The van der Waals surface area contributed by atoms with Crippen molar-refractivity contribution in [1.82, 2.24) is 10.2 Å². The molecule has 0 aromatic heterocycles. The van der Waals surface area contributed by atoms with Crippen LogP contribution in [-0.2, 0) is 0 Å². The Labute approximate surface area is 95.4 Å². The minimum atomic E-state index is 0.686. The first kappa shape index (κ1) is 13.0. The van der Waals surface area contributed by atoms with Crippen LogP contribution in [0.3, 0.4) is 0 Å². The molecule has 0 saturated heterocycles. The molecule has 1 aliphatic carbocycles. The Morgan fingerprint density at radius 2 is 2.00 bits per heavy atom. The predicted octanol–water partition coefficient (Wildman–Crippen LogP) is 2.49. The fourth-order valence-electron chi connectivity index (χ4n) is 2.35. The third-order valence-electron chi connectivity index (χ3n) is 3.64. The van der Waals surface area contributed by atoms with Crippen LogP contribution in [0.5, 0.6) is 0 Å². The molecule has 2 heteroatoms. The van der Waals surface area contributed by atoms with Crippen molar-refractivity contribution in [2.75, 3.05) is 20.1 Å². The van der Waals surface area contributed by atoms with Gasteiger partial charge in [0.05, 0.1) is 0 Å². The summed E-state index contributed by atoms with van der Waals surface area (Å²) in [5, 5.41) is 3.59. The first-order chi connectivity index (χ1) is 7.19. The highest BCUT2D eigenvalue weighted by Gasteiger charge is 2.30. The van der Waals surface area contributed by atoms with Crippen LogP contribution < -0.4 is 5.32 Å². The molecule has 0 radical (unpaired) electrons. The number of nitrogens with zero attached hydrogens (tertiary/aromatic N) is 1. The molecular weight excluding hydrogens is 184 g/mol. The van der Waals surface area contributed by atoms with Gasteiger partial charge in [0.15, 0.2) is 0 Å². The van der Waals surface area contributed by atoms with E-state index in [0.717, 1.165) is 18.5 Å². The lowest BCUT2D eigenvalue weighted by molar-refractivity contribution is 0.206. The van der Waals surface area contributed by atoms with Gasteiger partial charge in [-0.05, 0) is 45.7 Å². The molecule has 2 atom stereocenters. The quantitative estimate of drug-likeness (QED) is 0.665. The molecule has 1 fully saturated rings.